The van der Waals surface area contributed by atoms with Crippen molar-refractivity contribution in [2.75, 3.05) is 13.1 Å². The first-order chi connectivity index (χ1) is 7.79. The Balaban J connectivity index is 1.55. The SMILES string of the molecule is N[C@@H]1CCN(Cc2cnn(CC3CC3)c2)C1. The topological polar surface area (TPSA) is 47.1 Å². The molecule has 4 nitrogen and oxygen atoms in total. The summed E-state index contributed by atoms with van der Waals surface area (Å²) in [6.07, 6.45) is 8.11. The predicted molar refractivity (Wildman–Crippen MR) is 62.8 cm³/mol. The molecule has 1 aromatic rings. The van der Waals surface area contributed by atoms with Crippen LogP contribution in [0.4, 0.5) is 0 Å². The molecule has 16 heavy (non-hydrogen) atoms. The third kappa shape index (κ3) is 2.44. The number of nitrogens with two attached hydrogens (primary N) is 1. The van der Waals surface area contributed by atoms with Gasteiger partial charge in [-0.25, -0.2) is 0 Å². The average Bonchev–Trinajstić information content (AvgIpc) is 2.80. The zero-order valence-corrected chi connectivity index (χ0v) is 9.68. The van der Waals surface area contributed by atoms with Gasteiger partial charge in [-0.05, 0) is 25.2 Å². The minimum absolute atomic E-state index is 0.376. The van der Waals surface area contributed by atoms with Gasteiger partial charge in [0.2, 0.25) is 0 Å². The summed E-state index contributed by atoms with van der Waals surface area (Å²) in [5, 5.41) is 4.42. The highest BCUT2D eigenvalue weighted by Gasteiger charge is 2.22. The maximum Gasteiger partial charge on any atom is 0.0534 e. The van der Waals surface area contributed by atoms with Crippen molar-refractivity contribution in [1.82, 2.24) is 14.7 Å². The quantitative estimate of drug-likeness (QED) is 0.817. The van der Waals surface area contributed by atoms with Crippen LogP contribution in [0.1, 0.15) is 24.8 Å². The summed E-state index contributed by atoms with van der Waals surface area (Å²) in [7, 11) is 0. The fourth-order valence-electron chi connectivity index (χ4n) is 2.42. The largest absolute Gasteiger partial charge is 0.326 e. The van der Waals surface area contributed by atoms with Crippen LogP contribution >= 0.6 is 0 Å². The highest BCUT2D eigenvalue weighted by Crippen LogP contribution is 2.30. The van der Waals surface area contributed by atoms with Gasteiger partial charge in [-0.3, -0.25) is 9.58 Å². The lowest BCUT2D eigenvalue weighted by atomic mass is 10.3. The number of rotatable bonds is 4. The summed E-state index contributed by atoms with van der Waals surface area (Å²) in [5.41, 5.74) is 7.22. The van der Waals surface area contributed by atoms with E-state index in [9.17, 15) is 0 Å². The van der Waals surface area contributed by atoms with E-state index in [1.54, 1.807) is 0 Å². The molecule has 2 N–H and O–H groups in total. The number of nitrogens with zero attached hydrogens (tertiary/aromatic N) is 3. The van der Waals surface area contributed by atoms with E-state index in [1.807, 2.05) is 6.20 Å². The Morgan fingerprint density at radius 1 is 1.38 bits per heavy atom. The van der Waals surface area contributed by atoms with Crippen LogP contribution in [0.5, 0.6) is 0 Å². The Bertz CT molecular complexity index is 356. The molecule has 1 aliphatic heterocycles. The first-order valence-electron chi connectivity index (χ1n) is 6.29. The second-order valence-corrected chi connectivity index (χ2v) is 5.30. The van der Waals surface area contributed by atoms with Crippen molar-refractivity contribution >= 4 is 0 Å². The number of likely N-dealkylation sites (tertiary alicyclic amines) is 1. The van der Waals surface area contributed by atoms with Crippen LogP contribution in [-0.4, -0.2) is 33.8 Å². The van der Waals surface area contributed by atoms with Crippen molar-refractivity contribution in [3.63, 3.8) is 0 Å². The first-order valence-corrected chi connectivity index (χ1v) is 6.29. The fraction of sp³-hybridized carbons (Fsp3) is 0.750. The van der Waals surface area contributed by atoms with Crippen LogP contribution in [-0.2, 0) is 13.1 Å². The van der Waals surface area contributed by atoms with Gasteiger partial charge in [0.15, 0.2) is 0 Å². The molecule has 0 radical (unpaired) electrons. The maximum absolute atomic E-state index is 5.90. The highest BCUT2D eigenvalue weighted by molar-refractivity contribution is 5.04. The van der Waals surface area contributed by atoms with Crippen LogP contribution in [0.15, 0.2) is 12.4 Å². The van der Waals surface area contributed by atoms with Gasteiger partial charge in [0.25, 0.3) is 0 Å². The van der Waals surface area contributed by atoms with Gasteiger partial charge in [-0.15, -0.1) is 0 Å². The van der Waals surface area contributed by atoms with E-state index in [1.165, 1.54) is 18.4 Å². The zero-order valence-electron chi connectivity index (χ0n) is 9.68. The minimum Gasteiger partial charge on any atom is -0.326 e. The first kappa shape index (κ1) is 10.3. The van der Waals surface area contributed by atoms with Crippen molar-refractivity contribution in [2.45, 2.75) is 38.4 Å². The number of hydrogen-bond acceptors (Lipinski definition) is 3. The third-order valence-corrected chi connectivity index (χ3v) is 3.54. The Morgan fingerprint density at radius 2 is 2.25 bits per heavy atom. The van der Waals surface area contributed by atoms with Gasteiger partial charge in [-0.1, -0.05) is 0 Å². The molecule has 88 valence electrons. The van der Waals surface area contributed by atoms with Crippen LogP contribution in [0.3, 0.4) is 0 Å². The molecule has 1 saturated heterocycles. The van der Waals surface area contributed by atoms with Crippen LogP contribution < -0.4 is 5.73 Å². The van der Waals surface area contributed by atoms with E-state index in [0.717, 1.165) is 38.5 Å². The van der Waals surface area contributed by atoms with Gasteiger partial charge in [0.05, 0.1) is 6.20 Å². The second kappa shape index (κ2) is 4.18. The molecule has 1 saturated carbocycles. The highest BCUT2D eigenvalue weighted by atomic mass is 15.3. The predicted octanol–water partition coefficient (Wildman–Crippen LogP) is 0.826. The summed E-state index contributed by atoms with van der Waals surface area (Å²) in [4.78, 5) is 2.42. The van der Waals surface area contributed by atoms with Crippen LogP contribution in [0, 0.1) is 5.92 Å². The van der Waals surface area contributed by atoms with E-state index in [0.29, 0.717) is 6.04 Å². The molecule has 0 bridgehead atoms. The molecule has 3 rings (SSSR count). The molecule has 1 aromatic heterocycles. The minimum atomic E-state index is 0.376. The molecule has 0 aromatic carbocycles. The Kier molecular flexibility index (Phi) is 2.69. The monoisotopic (exact) mass is 220 g/mol. The molecule has 2 fully saturated rings. The second-order valence-electron chi connectivity index (χ2n) is 5.30. The van der Waals surface area contributed by atoms with E-state index in [-0.39, 0.29) is 0 Å². The Hall–Kier alpha value is -0.870. The van der Waals surface area contributed by atoms with Gasteiger partial charge < -0.3 is 5.73 Å². The lowest BCUT2D eigenvalue weighted by Gasteiger charge is -2.13. The molecular formula is C12H20N4. The van der Waals surface area contributed by atoms with Gasteiger partial charge in [0.1, 0.15) is 0 Å². The van der Waals surface area contributed by atoms with Crippen LogP contribution in [0.2, 0.25) is 0 Å². The fourth-order valence-corrected chi connectivity index (χ4v) is 2.42. The van der Waals surface area contributed by atoms with E-state index < -0.39 is 0 Å². The van der Waals surface area contributed by atoms with Crippen molar-refractivity contribution in [3.8, 4) is 0 Å². The summed E-state index contributed by atoms with van der Waals surface area (Å²) >= 11 is 0. The molecule has 2 aliphatic rings. The molecule has 0 spiro atoms. The van der Waals surface area contributed by atoms with E-state index >= 15 is 0 Å². The average molecular weight is 220 g/mol. The van der Waals surface area contributed by atoms with E-state index in [4.69, 9.17) is 5.73 Å². The summed E-state index contributed by atoms with van der Waals surface area (Å²) in [6, 6.07) is 0.376. The van der Waals surface area contributed by atoms with Gasteiger partial charge in [-0.2, -0.15) is 5.10 Å². The lowest BCUT2D eigenvalue weighted by Crippen LogP contribution is -2.26. The molecule has 1 aliphatic carbocycles. The standard InChI is InChI=1S/C12H20N4/c13-12-3-4-15(9-12)6-11-5-14-16(8-11)7-10-1-2-10/h5,8,10,12H,1-4,6-7,9,13H2/t12-/m1/s1. The van der Waals surface area contributed by atoms with Crippen molar-refractivity contribution in [2.24, 2.45) is 11.7 Å². The van der Waals surface area contributed by atoms with Gasteiger partial charge in [0, 0.05) is 44.0 Å². The van der Waals surface area contributed by atoms with Gasteiger partial charge >= 0.3 is 0 Å². The molecule has 0 amide bonds. The Morgan fingerprint density at radius 3 is 2.94 bits per heavy atom. The zero-order chi connectivity index (χ0) is 11.0. The Labute approximate surface area is 96.4 Å². The molecular weight excluding hydrogens is 200 g/mol. The normalized spacial score (nSPS) is 26.4. The van der Waals surface area contributed by atoms with Crippen LogP contribution in [0.25, 0.3) is 0 Å². The smallest absolute Gasteiger partial charge is 0.0534 e. The van der Waals surface area contributed by atoms with E-state index in [2.05, 4.69) is 20.9 Å². The third-order valence-electron chi connectivity index (χ3n) is 3.54. The molecule has 2 heterocycles. The van der Waals surface area contributed by atoms with Crippen molar-refractivity contribution in [1.29, 1.82) is 0 Å². The number of hydrogen-bond donors (Lipinski definition) is 1. The molecule has 4 heteroatoms. The molecule has 1 atom stereocenters. The lowest BCUT2D eigenvalue weighted by molar-refractivity contribution is 0.326. The van der Waals surface area contributed by atoms with Crippen molar-refractivity contribution < 1.29 is 0 Å². The maximum atomic E-state index is 5.90. The molecule has 0 unspecified atom stereocenters. The van der Waals surface area contributed by atoms with Crippen molar-refractivity contribution in [3.05, 3.63) is 18.0 Å². The summed E-state index contributed by atoms with van der Waals surface area (Å²) < 4.78 is 2.10. The number of aromatic nitrogens is 2. The summed E-state index contributed by atoms with van der Waals surface area (Å²) in [5.74, 6) is 0.896. The summed E-state index contributed by atoms with van der Waals surface area (Å²) in [6.45, 7) is 4.29.